The predicted molar refractivity (Wildman–Crippen MR) is 63.3 cm³/mol. The Balaban J connectivity index is 0.000000171. The minimum Gasteiger partial charge on any atom is -0.466 e. The number of allylic oxidation sites excluding steroid dienone is 2. The van der Waals surface area contributed by atoms with E-state index in [9.17, 15) is 9.59 Å². The second-order valence-electron chi connectivity index (χ2n) is 3.75. The summed E-state index contributed by atoms with van der Waals surface area (Å²) in [4.78, 5) is 21.2. The minimum absolute atomic E-state index is 0.135. The third-order valence-electron chi connectivity index (χ3n) is 2.59. The van der Waals surface area contributed by atoms with Crippen LogP contribution in [0.25, 0.3) is 0 Å². The van der Waals surface area contributed by atoms with Crippen LogP contribution in [-0.4, -0.2) is 25.7 Å². The van der Waals surface area contributed by atoms with Crippen LogP contribution in [0.15, 0.2) is 23.3 Å². The Kier molecular flexibility index (Phi) is 5.46. The van der Waals surface area contributed by atoms with Gasteiger partial charge < -0.3 is 9.47 Å². The van der Waals surface area contributed by atoms with Gasteiger partial charge in [0, 0.05) is 11.1 Å². The quantitative estimate of drug-likeness (QED) is 0.707. The van der Waals surface area contributed by atoms with Crippen molar-refractivity contribution in [3.63, 3.8) is 0 Å². The SMILES string of the molecule is CCOC(=O)C1=CCC1.COC(=O)C1=CCC1. The molecule has 0 amide bonds. The molecule has 0 spiro atoms. The average Bonchev–Trinajstić information content (AvgIpc) is 2.13. The van der Waals surface area contributed by atoms with Crippen LogP contribution in [0.2, 0.25) is 0 Å². The molecule has 2 rings (SSSR count). The first-order valence-corrected chi connectivity index (χ1v) is 5.82. The molecular formula is C13H18O4. The Morgan fingerprint density at radius 3 is 1.82 bits per heavy atom. The smallest absolute Gasteiger partial charge is 0.333 e. The summed E-state index contributed by atoms with van der Waals surface area (Å²) in [7, 11) is 1.40. The average molecular weight is 238 g/mol. The molecule has 4 nitrogen and oxygen atoms in total. The van der Waals surface area contributed by atoms with Crippen molar-refractivity contribution in [2.75, 3.05) is 13.7 Å². The Hall–Kier alpha value is -1.58. The maximum atomic E-state index is 10.7. The molecule has 0 N–H and O–H groups in total. The Bertz CT molecular complexity index is 352. The maximum absolute atomic E-state index is 10.7. The molecule has 4 heteroatoms. The van der Waals surface area contributed by atoms with Crippen LogP contribution in [0, 0.1) is 0 Å². The molecule has 0 saturated heterocycles. The van der Waals surface area contributed by atoms with Crippen molar-refractivity contribution in [3.05, 3.63) is 23.3 Å². The molecule has 0 saturated carbocycles. The van der Waals surface area contributed by atoms with E-state index in [4.69, 9.17) is 4.74 Å². The van der Waals surface area contributed by atoms with Crippen LogP contribution >= 0.6 is 0 Å². The number of esters is 2. The molecule has 2 aliphatic carbocycles. The zero-order valence-electron chi connectivity index (χ0n) is 10.3. The van der Waals surface area contributed by atoms with Gasteiger partial charge in [0.15, 0.2) is 0 Å². The van der Waals surface area contributed by atoms with Gasteiger partial charge in [0.1, 0.15) is 0 Å². The standard InChI is InChI=1S/C7H10O2.C6H8O2/c1-2-9-7(8)6-4-3-5-6;1-8-6(7)5-3-2-4-5/h4H,2-3,5H2,1H3;3H,2,4H2,1H3. The third-order valence-corrected chi connectivity index (χ3v) is 2.59. The zero-order valence-corrected chi connectivity index (χ0v) is 10.3. The highest BCUT2D eigenvalue weighted by atomic mass is 16.5. The molecule has 0 aromatic rings. The Labute approximate surface area is 101 Å². The van der Waals surface area contributed by atoms with E-state index in [1.807, 2.05) is 19.1 Å². The number of hydrogen-bond donors (Lipinski definition) is 0. The largest absolute Gasteiger partial charge is 0.466 e. The fraction of sp³-hybridized carbons (Fsp3) is 0.538. The number of rotatable bonds is 3. The lowest BCUT2D eigenvalue weighted by Crippen LogP contribution is -2.11. The molecule has 0 heterocycles. The van der Waals surface area contributed by atoms with Crippen molar-refractivity contribution in [1.82, 2.24) is 0 Å². The molecular weight excluding hydrogens is 220 g/mol. The van der Waals surface area contributed by atoms with E-state index in [-0.39, 0.29) is 11.9 Å². The van der Waals surface area contributed by atoms with Crippen molar-refractivity contribution in [2.24, 2.45) is 0 Å². The highest BCUT2D eigenvalue weighted by Crippen LogP contribution is 2.18. The van der Waals surface area contributed by atoms with Gasteiger partial charge in [-0.2, -0.15) is 0 Å². The van der Waals surface area contributed by atoms with E-state index >= 15 is 0 Å². The van der Waals surface area contributed by atoms with Gasteiger partial charge in [-0.1, -0.05) is 12.2 Å². The summed E-state index contributed by atoms with van der Waals surface area (Å²) in [5.74, 6) is -0.306. The number of ether oxygens (including phenoxy) is 2. The topological polar surface area (TPSA) is 52.6 Å². The van der Waals surface area contributed by atoms with Gasteiger partial charge in [-0.3, -0.25) is 0 Å². The molecule has 0 aromatic heterocycles. The van der Waals surface area contributed by atoms with E-state index in [0.717, 1.165) is 36.8 Å². The van der Waals surface area contributed by atoms with Crippen LogP contribution in [-0.2, 0) is 19.1 Å². The summed E-state index contributed by atoms with van der Waals surface area (Å²) in [6, 6.07) is 0. The van der Waals surface area contributed by atoms with Crippen LogP contribution in [0.5, 0.6) is 0 Å². The van der Waals surface area contributed by atoms with Crippen LogP contribution in [0.4, 0.5) is 0 Å². The van der Waals surface area contributed by atoms with E-state index in [1.165, 1.54) is 7.11 Å². The van der Waals surface area contributed by atoms with E-state index in [2.05, 4.69) is 4.74 Å². The fourth-order valence-corrected chi connectivity index (χ4v) is 1.30. The number of methoxy groups -OCH3 is 1. The molecule has 2 aliphatic rings. The van der Waals surface area contributed by atoms with Gasteiger partial charge in [0.05, 0.1) is 13.7 Å². The molecule has 0 aliphatic heterocycles. The third kappa shape index (κ3) is 4.06. The summed E-state index contributed by atoms with van der Waals surface area (Å²) in [6.45, 7) is 2.30. The molecule has 0 atom stereocenters. The Morgan fingerprint density at radius 2 is 1.59 bits per heavy atom. The van der Waals surface area contributed by atoms with E-state index < -0.39 is 0 Å². The van der Waals surface area contributed by atoms with Gasteiger partial charge in [-0.05, 0) is 32.6 Å². The van der Waals surface area contributed by atoms with E-state index in [1.54, 1.807) is 0 Å². The second kappa shape index (κ2) is 6.89. The van der Waals surface area contributed by atoms with Crippen LogP contribution in [0.3, 0.4) is 0 Å². The van der Waals surface area contributed by atoms with Gasteiger partial charge in [0.2, 0.25) is 0 Å². The lowest BCUT2D eigenvalue weighted by Gasteiger charge is -2.11. The predicted octanol–water partition coefficient (Wildman–Crippen LogP) is 2.15. The first-order chi connectivity index (χ1) is 8.19. The number of carbonyl (C=O) groups is 2. The summed E-state index contributed by atoms with van der Waals surface area (Å²) >= 11 is 0. The fourth-order valence-electron chi connectivity index (χ4n) is 1.30. The summed E-state index contributed by atoms with van der Waals surface area (Å²) < 4.78 is 9.19. The molecule has 0 fully saturated rings. The van der Waals surface area contributed by atoms with Crippen molar-refractivity contribution < 1.29 is 19.1 Å². The van der Waals surface area contributed by atoms with Gasteiger partial charge >= 0.3 is 11.9 Å². The first-order valence-electron chi connectivity index (χ1n) is 5.82. The summed E-state index contributed by atoms with van der Waals surface area (Å²) in [6.07, 6.45) is 7.67. The summed E-state index contributed by atoms with van der Waals surface area (Å²) in [5.41, 5.74) is 1.67. The highest BCUT2D eigenvalue weighted by Gasteiger charge is 2.14. The van der Waals surface area contributed by atoms with Crippen molar-refractivity contribution in [3.8, 4) is 0 Å². The van der Waals surface area contributed by atoms with Crippen molar-refractivity contribution >= 4 is 11.9 Å². The molecule has 0 aromatic carbocycles. The maximum Gasteiger partial charge on any atom is 0.333 e. The highest BCUT2D eigenvalue weighted by molar-refractivity contribution is 5.90. The van der Waals surface area contributed by atoms with E-state index in [0.29, 0.717) is 6.61 Å². The number of hydrogen-bond acceptors (Lipinski definition) is 4. The lowest BCUT2D eigenvalue weighted by atomic mass is 10.00. The lowest BCUT2D eigenvalue weighted by molar-refractivity contribution is -0.139. The Morgan fingerprint density at radius 1 is 1.12 bits per heavy atom. The molecule has 17 heavy (non-hydrogen) atoms. The molecule has 94 valence electrons. The zero-order chi connectivity index (χ0) is 12.7. The van der Waals surface area contributed by atoms with Gasteiger partial charge in [-0.25, -0.2) is 9.59 Å². The van der Waals surface area contributed by atoms with Crippen LogP contribution in [0.1, 0.15) is 32.6 Å². The monoisotopic (exact) mass is 238 g/mol. The second-order valence-corrected chi connectivity index (χ2v) is 3.75. The van der Waals surface area contributed by atoms with Crippen molar-refractivity contribution in [1.29, 1.82) is 0 Å². The normalized spacial score (nSPS) is 16.1. The minimum atomic E-state index is -0.170. The first kappa shape index (κ1) is 13.5. The van der Waals surface area contributed by atoms with Crippen molar-refractivity contribution in [2.45, 2.75) is 32.6 Å². The van der Waals surface area contributed by atoms with Gasteiger partial charge in [-0.15, -0.1) is 0 Å². The van der Waals surface area contributed by atoms with Crippen LogP contribution < -0.4 is 0 Å². The molecule has 0 radical (unpaired) electrons. The number of carbonyl (C=O) groups excluding carboxylic acids is 2. The summed E-state index contributed by atoms with van der Waals surface area (Å²) in [5, 5.41) is 0. The molecule has 0 unspecified atom stereocenters. The van der Waals surface area contributed by atoms with Gasteiger partial charge in [0.25, 0.3) is 0 Å². The molecule has 0 bridgehead atoms.